The van der Waals surface area contributed by atoms with E-state index in [2.05, 4.69) is 10.9 Å². The summed E-state index contributed by atoms with van der Waals surface area (Å²) in [4.78, 5) is 24.0. The number of amides is 2. The second kappa shape index (κ2) is 6.83. The van der Waals surface area contributed by atoms with Gasteiger partial charge in [-0.05, 0) is 28.5 Å². The molecule has 0 radical (unpaired) electrons. The van der Waals surface area contributed by atoms with Gasteiger partial charge in [-0.2, -0.15) is 0 Å². The van der Waals surface area contributed by atoms with Crippen LogP contribution in [0.5, 0.6) is 5.75 Å². The van der Waals surface area contributed by atoms with Crippen molar-refractivity contribution >= 4 is 22.6 Å². The highest BCUT2D eigenvalue weighted by Gasteiger charge is 2.13. The summed E-state index contributed by atoms with van der Waals surface area (Å²) >= 11 is 0. The molecule has 0 atom stereocenters. The predicted molar refractivity (Wildman–Crippen MR) is 91.4 cm³/mol. The number of rotatable bonds is 3. The number of phenols is 1. The molecular formula is C19H16N2O3. The van der Waals surface area contributed by atoms with Crippen molar-refractivity contribution in [3.63, 3.8) is 0 Å². The fourth-order valence-corrected chi connectivity index (χ4v) is 2.43. The van der Waals surface area contributed by atoms with Crippen molar-refractivity contribution in [3.8, 4) is 5.75 Å². The fourth-order valence-electron chi connectivity index (χ4n) is 2.43. The van der Waals surface area contributed by atoms with E-state index >= 15 is 0 Å². The molecule has 0 saturated heterocycles. The Labute approximate surface area is 138 Å². The van der Waals surface area contributed by atoms with E-state index in [1.54, 1.807) is 6.07 Å². The van der Waals surface area contributed by atoms with Crippen molar-refractivity contribution in [3.05, 3.63) is 77.9 Å². The lowest BCUT2D eigenvalue weighted by Gasteiger charge is -2.10. The molecule has 2 amide bonds. The molecular weight excluding hydrogens is 304 g/mol. The highest BCUT2D eigenvalue weighted by atomic mass is 16.3. The molecule has 0 bridgehead atoms. The van der Waals surface area contributed by atoms with Crippen LogP contribution in [-0.2, 0) is 11.2 Å². The lowest BCUT2D eigenvalue weighted by Crippen LogP contribution is -2.42. The zero-order valence-corrected chi connectivity index (χ0v) is 12.8. The van der Waals surface area contributed by atoms with Gasteiger partial charge in [-0.1, -0.05) is 54.6 Å². The number of hydrogen-bond acceptors (Lipinski definition) is 3. The number of phenolic OH excluding ortho intramolecular Hbond substituents is 1. The van der Waals surface area contributed by atoms with Gasteiger partial charge >= 0.3 is 0 Å². The van der Waals surface area contributed by atoms with Crippen molar-refractivity contribution in [2.75, 3.05) is 0 Å². The number of hydrogen-bond donors (Lipinski definition) is 3. The second-order valence-electron chi connectivity index (χ2n) is 5.38. The van der Waals surface area contributed by atoms with Gasteiger partial charge in [0.1, 0.15) is 5.75 Å². The Morgan fingerprint density at radius 1 is 0.833 bits per heavy atom. The molecule has 0 aromatic heterocycles. The monoisotopic (exact) mass is 320 g/mol. The summed E-state index contributed by atoms with van der Waals surface area (Å²) < 4.78 is 0. The minimum Gasteiger partial charge on any atom is -0.507 e. The first-order valence-electron chi connectivity index (χ1n) is 7.48. The second-order valence-corrected chi connectivity index (χ2v) is 5.38. The quantitative estimate of drug-likeness (QED) is 0.649. The molecule has 0 aliphatic heterocycles. The molecule has 3 N–H and O–H groups in total. The van der Waals surface area contributed by atoms with Crippen LogP contribution in [-0.4, -0.2) is 16.9 Å². The maximum Gasteiger partial charge on any atom is 0.273 e. The van der Waals surface area contributed by atoms with Crippen LogP contribution >= 0.6 is 0 Å². The summed E-state index contributed by atoms with van der Waals surface area (Å²) in [7, 11) is 0. The van der Waals surface area contributed by atoms with Crippen LogP contribution in [0.2, 0.25) is 0 Å². The summed E-state index contributed by atoms with van der Waals surface area (Å²) in [5.41, 5.74) is 5.63. The summed E-state index contributed by atoms with van der Waals surface area (Å²) in [5.74, 6) is -1.04. The molecule has 24 heavy (non-hydrogen) atoms. The van der Waals surface area contributed by atoms with Crippen molar-refractivity contribution in [1.29, 1.82) is 0 Å². The molecule has 5 heteroatoms. The highest BCUT2D eigenvalue weighted by Crippen LogP contribution is 2.24. The Morgan fingerprint density at radius 3 is 2.17 bits per heavy atom. The third-order valence-electron chi connectivity index (χ3n) is 3.63. The van der Waals surface area contributed by atoms with Gasteiger partial charge in [-0.3, -0.25) is 20.4 Å². The van der Waals surface area contributed by atoms with Gasteiger partial charge < -0.3 is 5.11 Å². The number of nitrogens with one attached hydrogen (secondary N) is 2. The maximum atomic E-state index is 12.2. The van der Waals surface area contributed by atoms with Gasteiger partial charge in [-0.15, -0.1) is 0 Å². The Hall–Kier alpha value is -3.34. The van der Waals surface area contributed by atoms with Gasteiger partial charge in [0, 0.05) is 0 Å². The van der Waals surface area contributed by atoms with E-state index < -0.39 is 5.91 Å². The molecule has 0 aliphatic carbocycles. The minimum atomic E-state index is -0.570. The molecule has 0 unspecified atom stereocenters. The number of carbonyl (C=O) groups is 2. The molecule has 0 saturated carbocycles. The van der Waals surface area contributed by atoms with Crippen LogP contribution in [0.3, 0.4) is 0 Å². The lowest BCUT2D eigenvalue weighted by molar-refractivity contribution is -0.121. The minimum absolute atomic E-state index is 0.105. The van der Waals surface area contributed by atoms with Crippen LogP contribution in [0.1, 0.15) is 15.9 Å². The van der Waals surface area contributed by atoms with Crippen LogP contribution in [0.25, 0.3) is 10.8 Å². The topological polar surface area (TPSA) is 78.4 Å². The van der Waals surface area contributed by atoms with E-state index in [1.807, 2.05) is 54.6 Å². The van der Waals surface area contributed by atoms with E-state index in [1.165, 1.54) is 6.07 Å². The number of benzene rings is 3. The van der Waals surface area contributed by atoms with Crippen molar-refractivity contribution in [2.45, 2.75) is 6.42 Å². The Kier molecular flexibility index (Phi) is 4.43. The van der Waals surface area contributed by atoms with E-state index in [9.17, 15) is 14.7 Å². The summed E-state index contributed by atoms with van der Waals surface area (Å²) in [6.45, 7) is 0. The van der Waals surface area contributed by atoms with E-state index in [-0.39, 0.29) is 23.6 Å². The largest absolute Gasteiger partial charge is 0.507 e. The molecule has 3 aromatic carbocycles. The van der Waals surface area contributed by atoms with Gasteiger partial charge in [0.05, 0.1) is 12.0 Å². The van der Waals surface area contributed by atoms with Crippen molar-refractivity contribution < 1.29 is 14.7 Å². The molecule has 5 nitrogen and oxygen atoms in total. The van der Waals surface area contributed by atoms with Crippen LogP contribution in [0.4, 0.5) is 0 Å². The molecule has 3 rings (SSSR count). The van der Waals surface area contributed by atoms with Crippen molar-refractivity contribution in [2.24, 2.45) is 0 Å². The van der Waals surface area contributed by atoms with Crippen molar-refractivity contribution in [1.82, 2.24) is 10.9 Å². The molecule has 120 valence electrons. The van der Waals surface area contributed by atoms with Crippen LogP contribution < -0.4 is 10.9 Å². The predicted octanol–water partition coefficient (Wildman–Crippen LogP) is 2.55. The van der Waals surface area contributed by atoms with E-state index in [0.29, 0.717) is 0 Å². The van der Waals surface area contributed by atoms with Gasteiger partial charge in [0.25, 0.3) is 5.91 Å². The normalized spacial score (nSPS) is 10.3. The van der Waals surface area contributed by atoms with Crippen LogP contribution in [0.15, 0.2) is 66.7 Å². The average Bonchev–Trinajstić information content (AvgIpc) is 2.60. The summed E-state index contributed by atoms with van der Waals surface area (Å²) in [6.07, 6.45) is 0.158. The molecule has 0 spiro atoms. The summed E-state index contributed by atoms with van der Waals surface area (Å²) in [5, 5.41) is 11.7. The Morgan fingerprint density at radius 2 is 1.46 bits per heavy atom. The molecule has 3 aromatic rings. The zero-order chi connectivity index (χ0) is 16.9. The standard InChI is InChI=1S/C19H16N2O3/c22-17-12-15-9-5-4-8-14(15)11-16(17)19(24)21-20-18(23)10-13-6-2-1-3-7-13/h1-9,11-12,22H,10H2,(H,20,23)(H,21,24). The maximum absolute atomic E-state index is 12.2. The zero-order valence-electron chi connectivity index (χ0n) is 12.8. The summed E-state index contributed by atoms with van der Waals surface area (Å²) in [6, 6.07) is 19.7. The molecule has 0 aliphatic rings. The molecule has 0 heterocycles. The average molecular weight is 320 g/mol. The third kappa shape index (κ3) is 3.52. The first-order valence-corrected chi connectivity index (χ1v) is 7.48. The first-order chi connectivity index (χ1) is 11.6. The lowest BCUT2D eigenvalue weighted by atomic mass is 10.1. The fraction of sp³-hybridized carbons (Fsp3) is 0.0526. The van der Waals surface area contributed by atoms with E-state index in [4.69, 9.17) is 0 Å². The number of aromatic hydroxyl groups is 1. The smallest absolute Gasteiger partial charge is 0.273 e. The third-order valence-corrected chi connectivity index (χ3v) is 3.63. The number of carbonyl (C=O) groups excluding carboxylic acids is 2. The van der Waals surface area contributed by atoms with Gasteiger partial charge in [-0.25, -0.2) is 0 Å². The Bertz CT molecular complexity index is 892. The molecule has 0 fully saturated rings. The first kappa shape index (κ1) is 15.6. The Balaban J connectivity index is 1.67. The number of fused-ring (bicyclic) bond motifs is 1. The van der Waals surface area contributed by atoms with Crippen LogP contribution in [0, 0.1) is 0 Å². The van der Waals surface area contributed by atoms with Gasteiger partial charge in [0.2, 0.25) is 5.91 Å². The highest BCUT2D eigenvalue weighted by molar-refractivity contribution is 6.02. The van der Waals surface area contributed by atoms with Gasteiger partial charge in [0.15, 0.2) is 0 Å². The SMILES string of the molecule is O=C(Cc1ccccc1)NNC(=O)c1cc2ccccc2cc1O. The van der Waals surface area contributed by atoms with E-state index in [0.717, 1.165) is 16.3 Å². The number of hydrazine groups is 1.